The number of benzene rings is 1. The monoisotopic (exact) mass is 452 g/mol. The second-order valence-corrected chi connectivity index (χ2v) is 9.53. The molecule has 2 saturated heterocycles. The van der Waals surface area contributed by atoms with Crippen LogP contribution < -0.4 is 4.74 Å². The Labute approximate surface area is 197 Å². The molecule has 4 rings (SSSR count). The van der Waals surface area contributed by atoms with Crippen LogP contribution in [0.4, 0.5) is 0 Å². The maximum atomic E-state index is 13.2. The van der Waals surface area contributed by atoms with Gasteiger partial charge >= 0.3 is 0 Å². The van der Waals surface area contributed by atoms with Crippen LogP contribution in [0.3, 0.4) is 0 Å². The zero-order valence-electron chi connectivity index (χ0n) is 20.3. The fraction of sp³-hybridized carbons (Fsp3) is 0.556. The van der Waals surface area contributed by atoms with Crippen molar-refractivity contribution in [3.8, 4) is 5.75 Å². The third-order valence-corrected chi connectivity index (χ3v) is 6.70. The Morgan fingerprint density at radius 3 is 2.58 bits per heavy atom. The molecule has 1 aromatic heterocycles. The average molecular weight is 453 g/mol. The number of aromatic nitrogens is 1. The van der Waals surface area contributed by atoms with Crippen molar-refractivity contribution < 1.29 is 19.0 Å². The Kier molecular flexibility index (Phi) is 7.35. The van der Waals surface area contributed by atoms with E-state index in [1.807, 2.05) is 75.3 Å². The first-order chi connectivity index (χ1) is 15.9. The van der Waals surface area contributed by atoms with Crippen molar-refractivity contribution in [3.05, 3.63) is 59.4 Å². The molecule has 3 heterocycles. The summed E-state index contributed by atoms with van der Waals surface area (Å²) >= 11 is 0. The van der Waals surface area contributed by atoms with Crippen molar-refractivity contribution >= 4 is 5.91 Å². The number of pyridine rings is 1. The van der Waals surface area contributed by atoms with Gasteiger partial charge < -0.3 is 19.1 Å². The number of aryl methyl sites for hydroxylation is 1. The van der Waals surface area contributed by atoms with Crippen LogP contribution in [0.15, 0.2) is 42.7 Å². The molecule has 1 aromatic carbocycles. The minimum atomic E-state index is -0.256. The van der Waals surface area contributed by atoms with Crippen molar-refractivity contribution in [2.45, 2.75) is 77.3 Å². The molecule has 178 valence electrons. The SMILES string of the molecule is CCOC1CC(c2ccncc2)OC2(CCN(C(=O)c3ccc(OC(C)C)c(C)c3)CC2)C1. The summed E-state index contributed by atoms with van der Waals surface area (Å²) in [7, 11) is 0. The Hall–Kier alpha value is -2.44. The van der Waals surface area contributed by atoms with E-state index in [0.717, 1.165) is 42.6 Å². The zero-order valence-corrected chi connectivity index (χ0v) is 20.3. The first kappa shape index (κ1) is 23.7. The van der Waals surface area contributed by atoms with Gasteiger partial charge in [0.25, 0.3) is 5.91 Å². The number of carbonyl (C=O) groups is 1. The van der Waals surface area contributed by atoms with Gasteiger partial charge in [-0.25, -0.2) is 0 Å². The first-order valence-corrected chi connectivity index (χ1v) is 12.1. The summed E-state index contributed by atoms with van der Waals surface area (Å²) in [5.74, 6) is 0.908. The highest BCUT2D eigenvalue weighted by Crippen LogP contribution is 2.44. The van der Waals surface area contributed by atoms with Crippen LogP contribution in [0.5, 0.6) is 5.75 Å². The van der Waals surface area contributed by atoms with Crippen LogP contribution >= 0.6 is 0 Å². The second-order valence-electron chi connectivity index (χ2n) is 9.53. The first-order valence-electron chi connectivity index (χ1n) is 12.1. The Bertz CT molecular complexity index is 938. The molecule has 6 heteroatoms. The topological polar surface area (TPSA) is 60.9 Å². The normalized spacial score (nSPS) is 22.5. The van der Waals surface area contributed by atoms with Crippen LogP contribution in [0.25, 0.3) is 0 Å². The fourth-order valence-electron chi connectivity index (χ4n) is 5.07. The van der Waals surface area contributed by atoms with Gasteiger partial charge in [-0.15, -0.1) is 0 Å². The van der Waals surface area contributed by atoms with E-state index in [2.05, 4.69) is 4.98 Å². The maximum Gasteiger partial charge on any atom is 0.253 e. The third-order valence-electron chi connectivity index (χ3n) is 6.70. The standard InChI is InChI=1S/C27H36N2O4/c1-5-31-23-17-25(21-8-12-28-13-9-21)33-27(18-23)10-14-29(15-11-27)26(30)22-6-7-24(20(4)16-22)32-19(2)3/h6-9,12-13,16,19,23,25H,5,10-11,14-15,17-18H2,1-4H3. The number of hydrogen-bond acceptors (Lipinski definition) is 5. The average Bonchev–Trinajstić information content (AvgIpc) is 2.81. The number of carbonyl (C=O) groups excluding carboxylic acids is 1. The van der Waals surface area contributed by atoms with Gasteiger partial charge in [0.1, 0.15) is 5.75 Å². The van der Waals surface area contributed by atoms with Crippen molar-refractivity contribution in [3.63, 3.8) is 0 Å². The van der Waals surface area contributed by atoms with Gasteiger partial charge in [0.05, 0.1) is 23.9 Å². The van der Waals surface area contributed by atoms with E-state index >= 15 is 0 Å². The molecule has 0 aliphatic carbocycles. The molecule has 2 aromatic rings. The van der Waals surface area contributed by atoms with Crippen LogP contribution in [0.2, 0.25) is 0 Å². The summed E-state index contributed by atoms with van der Waals surface area (Å²) in [5.41, 5.74) is 2.59. The third kappa shape index (κ3) is 5.56. The summed E-state index contributed by atoms with van der Waals surface area (Å²) in [6.45, 7) is 10.1. The lowest BCUT2D eigenvalue weighted by Gasteiger charge is -2.48. The lowest BCUT2D eigenvalue weighted by Crippen LogP contribution is -2.52. The van der Waals surface area contributed by atoms with Crippen molar-refractivity contribution in [1.82, 2.24) is 9.88 Å². The molecular weight excluding hydrogens is 416 g/mol. The molecule has 0 N–H and O–H groups in total. The Balaban J connectivity index is 1.44. The summed E-state index contributed by atoms with van der Waals surface area (Å²) in [6.07, 6.45) is 7.27. The molecule has 0 radical (unpaired) electrons. The van der Waals surface area contributed by atoms with Crippen LogP contribution in [0, 0.1) is 6.92 Å². The van der Waals surface area contributed by atoms with Gasteiger partial charge in [0.15, 0.2) is 0 Å². The lowest BCUT2D eigenvalue weighted by molar-refractivity contribution is -0.190. The van der Waals surface area contributed by atoms with Gasteiger partial charge in [0.2, 0.25) is 0 Å². The Morgan fingerprint density at radius 2 is 1.94 bits per heavy atom. The minimum absolute atomic E-state index is 0.00305. The Morgan fingerprint density at radius 1 is 1.21 bits per heavy atom. The highest BCUT2D eigenvalue weighted by molar-refractivity contribution is 5.94. The van der Waals surface area contributed by atoms with E-state index in [0.29, 0.717) is 25.3 Å². The molecule has 0 bridgehead atoms. The molecule has 1 spiro atoms. The van der Waals surface area contributed by atoms with Crippen molar-refractivity contribution in [1.29, 1.82) is 0 Å². The molecule has 2 aliphatic rings. The van der Waals surface area contributed by atoms with Crippen LogP contribution in [-0.2, 0) is 9.47 Å². The van der Waals surface area contributed by atoms with E-state index < -0.39 is 0 Å². The van der Waals surface area contributed by atoms with E-state index in [1.165, 1.54) is 0 Å². The van der Waals surface area contributed by atoms with Gasteiger partial charge in [-0.2, -0.15) is 0 Å². The molecular formula is C27H36N2O4. The highest BCUT2D eigenvalue weighted by Gasteiger charge is 2.45. The number of rotatable bonds is 6. The predicted molar refractivity (Wildman–Crippen MR) is 128 cm³/mol. The number of hydrogen-bond donors (Lipinski definition) is 0. The number of ether oxygens (including phenoxy) is 3. The van der Waals surface area contributed by atoms with Gasteiger partial charge in [-0.3, -0.25) is 9.78 Å². The second kappa shape index (κ2) is 10.2. The largest absolute Gasteiger partial charge is 0.491 e. The smallest absolute Gasteiger partial charge is 0.253 e. The van der Waals surface area contributed by atoms with E-state index in [-0.39, 0.29) is 29.8 Å². The van der Waals surface area contributed by atoms with Gasteiger partial charge in [-0.05, 0) is 82.0 Å². The van der Waals surface area contributed by atoms with Crippen molar-refractivity contribution in [2.75, 3.05) is 19.7 Å². The van der Waals surface area contributed by atoms with E-state index in [1.54, 1.807) is 0 Å². The van der Waals surface area contributed by atoms with E-state index in [9.17, 15) is 4.79 Å². The maximum absolute atomic E-state index is 13.2. The molecule has 1 amide bonds. The van der Waals surface area contributed by atoms with Gasteiger partial charge in [-0.1, -0.05) is 0 Å². The van der Waals surface area contributed by atoms with Crippen LogP contribution in [-0.4, -0.2) is 53.3 Å². The molecule has 2 unspecified atom stereocenters. The fourth-order valence-corrected chi connectivity index (χ4v) is 5.07. The molecule has 0 saturated carbocycles. The quantitative estimate of drug-likeness (QED) is 0.610. The number of nitrogens with zero attached hydrogens (tertiary/aromatic N) is 2. The summed E-state index contributed by atoms with van der Waals surface area (Å²) in [4.78, 5) is 19.3. The number of amides is 1. The predicted octanol–water partition coefficient (Wildman–Crippen LogP) is 5.11. The van der Waals surface area contributed by atoms with Gasteiger partial charge in [0, 0.05) is 50.5 Å². The molecule has 2 aliphatic heterocycles. The minimum Gasteiger partial charge on any atom is -0.491 e. The lowest BCUT2D eigenvalue weighted by atomic mass is 9.80. The number of likely N-dealkylation sites (tertiary alicyclic amines) is 1. The summed E-state index contributed by atoms with van der Waals surface area (Å²) in [5, 5.41) is 0. The molecule has 2 atom stereocenters. The highest BCUT2D eigenvalue weighted by atomic mass is 16.5. The summed E-state index contributed by atoms with van der Waals surface area (Å²) < 4.78 is 18.6. The van der Waals surface area contributed by atoms with Crippen molar-refractivity contribution in [2.24, 2.45) is 0 Å². The molecule has 33 heavy (non-hydrogen) atoms. The zero-order chi connectivity index (χ0) is 23.4. The van der Waals surface area contributed by atoms with E-state index in [4.69, 9.17) is 14.2 Å². The van der Waals surface area contributed by atoms with Crippen LogP contribution in [0.1, 0.15) is 74.0 Å². The molecule has 6 nitrogen and oxygen atoms in total. The number of piperidine rings is 1. The summed E-state index contributed by atoms with van der Waals surface area (Å²) in [6, 6.07) is 9.77. The molecule has 2 fully saturated rings.